The summed E-state index contributed by atoms with van der Waals surface area (Å²) in [6.07, 6.45) is 1.72. The molecule has 2 N–H and O–H groups in total. The first-order valence-electron chi connectivity index (χ1n) is 9.54. The first kappa shape index (κ1) is 21.3. The number of halogens is 1. The first-order chi connectivity index (χ1) is 14.6. The number of nitrogens with zero attached hydrogens (tertiary/aromatic N) is 1. The number of carbonyl (C=O) groups is 2. The van der Waals surface area contributed by atoms with Crippen LogP contribution in [0.5, 0.6) is 5.75 Å². The summed E-state index contributed by atoms with van der Waals surface area (Å²) in [6, 6.07) is 18.7. The van der Waals surface area contributed by atoms with Crippen LogP contribution in [0.2, 0.25) is 5.02 Å². The Morgan fingerprint density at radius 2 is 1.80 bits per heavy atom. The number of nitrogens with one attached hydrogen (secondary N) is 2. The predicted molar refractivity (Wildman–Crippen MR) is 119 cm³/mol. The number of hydrogen-bond donors (Lipinski definition) is 2. The van der Waals surface area contributed by atoms with E-state index in [1.54, 1.807) is 30.5 Å². The predicted octanol–water partition coefficient (Wildman–Crippen LogP) is 3.70. The zero-order valence-electron chi connectivity index (χ0n) is 16.5. The Hall–Kier alpha value is -3.38. The third-order valence-electron chi connectivity index (χ3n) is 4.34. The number of fused-ring (bicyclic) bond motifs is 1. The van der Waals surface area contributed by atoms with Crippen LogP contribution >= 0.6 is 11.6 Å². The monoisotopic (exact) mass is 423 g/mol. The molecule has 0 aliphatic carbocycles. The third kappa shape index (κ3) is 5.81. The van der Waals surface area contributed by atoms with E-state index in [0.717, 1.165) is 21.9 Å². The SMILES string of the molecule is CCOc1ccc2ccccc2c1/C=N/NC(=O)CNC(=O)Cc1ccc(Cl)cc1. The molecule has 3 aromatic carbocycles. The van der Waals surface area contributed by atoms with Crippen LogP contribution in [0.3, 0.4) is 0 Å². The van der Waals surface area contributed by atoms with Gasteiger partial charge < -0.3 is 10.1 Å². The van der Waals surface area contributed by atoms with E-state index in [1.165, 1.54) is 0 Å². The number of carbonyl (C=O) groups excluding carboxylic acids is 2. The van der Waals surface area contributed by atoms with Crippen molar-refractivity contribution in [2.75, 3.05) is 13.2 Å². The molecule has 0 heterocycles. The number of benzene rings is 3. The summed E-state index contributed by atoms with van der Waals surface area (Å²) in [6.45, 7) is 2.26. The van der Waals surface area contributed by atoms with Gasteiger partial charge in [-0.1, -0.05) is 54.1 Å². The smallest absolute Gasteiger partial charge is 0.259 e. The highest BCUT2D eigenvalue weighted by Gasteiger charge is 2.08. The Kier molecular flexibility index (Phi) is 7.40. The fraction of sp³-hybridized carbons (Fsp3) is 0.174. The summed E-state index contributed by atoms with van der Waals surface area (Å²) in [7, 11) is 0. The van der Waals surface area contributed by atoms with E-state index in [-0.39, 0.29) is 18.9 Å². The highest BCUT2D eigenvalue weighted by Crippen LogP contribution is 2.26. The largest absolute Gasteiger partial charge is 0.493 e. The van der Waals surface area contributed by atoms with Gasteiger partial charge in [-0.2, -0.15) is 5.10 Å². The second-order valence-corrected chi connectivity index (χ2v) is 6.94. The minimum absolute atomic E-state index is 0.168. The average molecular weight is 424 g/mol. The summed E-state index contributed by atoms with van der Waals surface area (Å²) in [5.41, 5.74) is 4.03. The molecule has 0 fully saturated rings. The summed E-state index contributed by atoms with van der Waals surface area (Å²) >= 11 is 5.83. The van der Waals surface area contributed by atoms with E-state index >= 15 is 0 Å². The Bertz CT molecular complexity index is 1060. The highest BCUT2D eigenvalue weighted by molar-refractivity contribution is 6.30. The van der Waals surface area contributed by atoms with Gasteiger partial charge in [0.25, 0.3) is 5.91 Å². The molecule has 6 nitrogen and oxygen atoms in total. The van der Waals surface area contributed by atoms with Crippen LogP contribution in [-0.2, 0) is 16.0 Å². The molecule has 0 unspecified atom stereocenters. The fourth-order valence-electron chi connectivity index (χ4n) is 2.93. The van der Waals surface area contributed by atoms with Crippen molar-refractivity contribution in [3.8, 4) is 5.75 Å². The fourth-order valence-corrected chi connectivity index (χ4v) is 3.05. The molecule has 0 spiro atoms. The highest BCUT2D eigenvalue weighted by atomic mass is 35.5. The lowest BCUT2D eigenvalue weighted by Gasteiger charge is -2.10. The summed E-state index contributed by atoms with van der Waals surface area (Å²) in [4.78, 5) is 24.0. The Morgan fingerprint density at radius 3 is 2.57 bits per heavy atom. The normalized spacial score (nSPS) is 10.9. The molecular formula is C23H22ClN3O3. The maximum absolute atomic E-state index is 12.0. The van der Waals surface area contributed by atoms with Gasteiger partial charge in [0.1, 0.15) is 5.75 Å². The molecule has 2 amide bonds. The van der Waals surface area contributed by atoms with Gasteiger partial charge in [0.05, 0.1) is 25.8 Å². The van der Waals surface area contributed by atoms with Crippen LogP contribution < -0.4 is 15.5 Å². The summed E-state index contributed by atoms with van der Waals surface area (Å²) < 4.78 is 5.68. The molecule has 0 radical (unpaired) electrons. The zero-order chi connectivity index (χ0) is 21.3. The van der Waals surface area contributed by atoms with Gasteiger partial charge in [0, 0.05) is 10.6 Å². The van der Waals surface area contributed by atoms with Gasteiger partial charge in [0.15, 0.2) is 0 Å². The Labute approximate surface area is 179 Å². The van der Waals surface area contributed by atoms with E-state index in [1.807, 2.05) is 43.3 Å². The van der Waals surface area contributed by atoms with Crippen molar-refractivity contribution in [1.82, 2.24) is 10.7 Å². The molecule has 0 saturated carbocycles. The van der Waals surface area contributed by atoms with E-state index in [4.69, 9.17) is 16.3 Å². The van der Waals surface area contributed by atoms with E-state index in [9.17, 15) is 9.59 Å². The first-order valence-corrected chi connectivity index (χ1v) is 9.92. The van der Waals surface area contributed by atoms with Crippen molar-refractivity contribution >= 4 is 40.4 Å². The van der Waals surface area contributed by atoms with Crippen LogP contribution in [-0.4, -0.2) is 31.2 Å². The van der Waals surface area contributed by atoms with Gasteiger partial charge in [-0.15, -0.1) is 0 Å². The van der Waals surface area contributed by atoms with Gasteiger partial charge in [-0.25, -0.2) is 5.43 Å². The van der Waals surface area contributed by atoms with E-state index < -0.39 is 5.91 Å². The number of ether oxygens (including phenoxy) is 1. The van der Waals surface area contributed by atoms with Gasteiger partial charge in [0.2, 0.25) is 5.91 Å². The maximum Gasteiger partial charge on any atom is 0.259 e. The van der Waals surface area contributed by atoms with Crippen molar-refractivity contribution in [3.05, 3.63) is 76.8 Å². The number of hydrazone groups is 1. The lowest BCUT2D eigenvalue weighted by atomic mass is 10.0. The molecule has 0 aromatic heterocycles. The quantitative estimate of drug-likeness (QED) is 0.428. The summed E-state index contributed by atoms with van der Waals surface area (Å²) in [5, 5.41) is 9.23. The molecule has 3 aromatic rings. The van der Waals surface area contributed by atoms with Gasteiger partial charge >= 0.3 is 0 Å². The maximum atomic E-state index is 12.0. The van der Waals surface area contributed by atoms with Crippen molar-refractivity contribution in [2.45, 2.75) is 13.3 Å². The van der Waals surface area contributed by atoms with Crippen LogP contribution in [0, 0.1) is 0 Å². The lowest BCUT2D eigenvalue weighted by Crippen LogP contribution is -2.35. The minimum atomic E-state index is -0.422. The van der Waals surface area contributed by atoms with Gasteiger partial charge in [-0.05, 0) is 41.5 Å². The molecule has 7 heteroatoms. The molecule has 0 atom stereocenters. The summed E-state index contributed by atoms with van der Waals surface area (Å²) in [5.74, 6) is 0.00325. The number of hydrogen-bond acceptors (Lipinski definition) is 4. The van der Waals surface area contributed by atoms with Crippen LogP contribution in [0.1, 0.15) is 18.1 Å². The Morgan fingerprint density at radius 1 is 1.03 bits per heavy atom. The topological polar surface area (TPSA) is 79.8 Å². The van der Waals surface area contributed by atoms with Crippen molar-refractivity contribution in [3.63, 3.8) is 0 Å². The minimum Gasteiger partial charge on any atom is -0.493 e. The molecule has 154 valence electrons. The van der Waals surface area contributed by atoms with Crippen molar-refractivity contribution in [2.24, 2.45) is 5.10 Å². The number of rotatable bonds is 8. The van der Waals surface area contributed by atoms with Crippen LogP contribution in [0.4, 0.5) is 0 Å². The second-order valence-electron chi connectivity index (χ2n) is 6.50. The molecule has 0 aliphatic heterocycles. The van der Waals surface area contributed by atoms with Crippen molar-refractivity contribution in [1.29, 1.82) is 0 Å². The van der Waals surface area contributed by atoms with Gasteiger partial charge in [-0.3, -0.25) is 9.59 Å². The van der Waals surface area contributed by atoms with E-state index in [2.05, 4.69) is 15.8 Å². The Balaban J connectivity index is 1.57. The second kappa shape index (κ2) is 10.4. The standard InChI is InChI=1S/C23H22ClN3O3/c1-2-30-21-12-9-17-5-3-4-6-19(17)20(21)14-26-27-23(29)15-25-22(28)13-16-7-10-18(24)11-8-16/h3-12,14H,2,13,15H2,1H3,(H,25,28)(H,27,29)/b26-14+. The molecule has 0 aliphatic rings. The van der Waals surface area contributed by atoms with Crippen LogP contribution in [0.25, 0.3) is 10.8 Å². The molecule has 0 bridgehead atoms. The zero-order valence-corrected chi connectivity index (χ0v) is 17.3. The lowest BCUT2D eigenvalue weighted by molar-refractivity contribution is -0.125. The van der Waals surface area contributed by atoms with E-state index in [0.29, 0.717) is 17.4 Å². The molecule has 30 heavy (non-hydrogen) atoms. The average Bonchev–Trinajstić information content (AvgIpc) is 2.75. The van der Waals surface area contributed by atoms with Crippen LogP contribution in [0.15, 0.2) is 65.8 Å². The third-order valence-corrected chi connectivity index (χ3v) is 4.59. The molecule has 0 saturated heterocycles. The van der Waals surface area contributed by atoms with Crippen molar-refractivity contribution < 1.29 is 14.3 Å². The number of amides is 2. The molecule has 3 rings (SSSR count). The molecular weight excluding hydrogens is 402 g/mol.